The zero-order valence-electron chi connectivity index (χ0n) is 13.2. The first-order chi connectivity index (χ1) is 10.6. The molecule has 1 aliphatic heterocycles. The van der Waals surface area contributed by atoms with E-state index in [0.29, 0.717) is 12.2 Å². The lowest BCUT2D eigenvalue weighted by molar-refractivity contribution is -0.136. The summed E-state index contributed by atoms with van der Waals surface area (Å²) in [4.78, 5) is 12.5. The van der Waals surface area contributed by atoms with Gasteiger partial charge < -0.3 is 20.5 Å². The van der Waals surface area contributed by atoms with Crippen LogP contribution in [0.2, 0.25) is 0 Å². The maximum absolute atomic E-state index is 13.6. The van der Waals surface area contributed by atoms with E-state index < -0.39 is 11.2 Å². The summed E-state index contributed by atoms with van der Waals surface area (Å²) in [7, 11) is 1.60. The van der Waals surface area contributed by atoms with Gasteiger partial charge in [-0.15, -0.1) is 12.4 Å². The highest BCUT2D eigenvalue weighted by Gasteiger charge is 2.39. The monoisotopic (exact) mass is 346 g/mol. The Morgan fingerprint density at radius 1 is 1.43 bits per heavy atom. The topological polar surface area (TPSA) is 70.6 Å². The number of nitrogens with one attached hydrogen (secondary N) is 2. The predicted octanol–water partition coefficient (Wildman–Crippen LogP) is 1.37. The van der Waals surface area contributed by atoms with E-state index in [1.54, 1.807) is 13.2 Å². The highest BCUT2D eigenvalue weighted by Crippen LogP contribution is 2.29. The highest BCUT2D eigenvalue weighted by atomic mass is 35.5. The van der Waals surface area contributed by atoms with Gasteiger partial charge in [0.2, 0.25) is 5.91 Å². The first kappa shape index (κ1) is 19.8. The molecule has 0 aromatic heterocycles. The summed E-state index contributed by atoms with van der Waals surface area (Å²) in [6.07, 6.45) is 1.45. The molecule has 5 nitrogen and oxygen atoms in total. The van der Waals surface area contributed by atoms with Gasteiger partial charge in [0.1, 0.15) is 5.82 Å². The molecule has 1 saturated heterocycles. The van der Waals surface area contributed by atoms with Gasteiger partial charge in [-0.05, 0) is 37.6 Å². The van der Waals surface area contributed by atoms with Crippen molar-refractivity contribution in [2.75, 3.05) is 26.8 Å². The molecule has 1 aromatic rings. The first-order valence-corrected chi connectivity index (χ1v) is 7.47. The lowest BCUT2D eigenvalue weighted by Crippen LogP contribution is -2.49. The van der Waals surface area contributed by atoms with E-state index in [9.17, 15) is 9.18 Å². The number of aliphatic hydroxyl groups is 1. The minimum atomic E-state index is -0.510. The molecule has 1 aromatic carbocycles. The van der Waals surface area contributed by atoms with Gasteiger partial charge in [-0.1, -0.05) is 12.1 Å². The average Bonchev–Trinajstić information content (AvgIpc) is 2.54. The summed E-state index contributed by atoms with van der Waals surface area (Å²) in [6, 6.07) is 4.59. The fourth-order valence-corrected chi connectivity index (χ4v) is 2.82. The molecular formula is C16H24ClFN2O3. The minimum Gasteiger partial charge on any atom is -0.392 e. The number of methoxy groups -OCH3 is 1. The number of amides is 1. The van der Waals surface area contributed by atoms with Crippen LogP contribution in [0.3, 0.4) is 0 Å². The van der Waals surface area contributed by atoms with Crippen LogP contribution in [-0.2, 0) is 22.7 Å². The van der Waals surface area contributed by atoms with Crippen molar-refractivity contribution in [1.29, 1.82) is 0 Å². The average molecular weight is 347 g/mol. The van der Waals surface area contributed by atoms with Crippen LogP contribution in [0, 0.1) is 11.2 Å². The third-order valence-electron chi connectivity index (χ3n) is 4.20. The molecule has 0 radical (unpaired) electrons. The van der Waals surface area contributed by atoms with Crippen molar-refractivity contribution < 1.29 is 19.0 Å². The van der Waals surface area contributed by atoms with Crippen molar-refractivity contribution in [1.82, 2.24) is 10.6 Å². The Hall–Kier alpha value is -1.21. The van der Waals surface area contributed by atoms with Gasteiger partial charge in [0.15, 0.2) is 0 Å². The van der Waals surface area contributed by atoms with Crippen LogP contribution in [-0.4, -0.2) is 37.8 Å². The molecule has 1 aliphatic rings. The lowest BCUT2D eigenvalue weighted by Gasteiger charge is -2.35. The number of carbonyl (C=O) groups is 1. The van der Waals surface area contributed by atoms with Crippen molar-refractivity contribution in [2.24, 2.45) is 5.41 Å². The molecule has 1 fully saturated rings. The summed E-state index contributed by atoms with van der Waals surface area (Å²) in [5.74, 6) is -0.509. The Labute approximate surface area is 142 Å². The van der Waals surface area contributed by atoms with E-state index in [0.717, 1.165) is 25.9 Å². The van der Waals surface area contributed by atoms with Gasteiger partial charge >= 0.3 is 0 Å². The molecule has 0 spiro atoms. The van der Waals surface area contributed by atoms with E-state index in [4.69, 9.17) is 9.84 Å². The molecule has 23 heavy (non-hydrogen) atoms. The smallest absolute Gasteiger partial charge is 0.228 e. The Morgan fingerprint density at radius 2 is 2.13 bits per heavy atom. The molecular weight excluding hydrogens is 323 g/mol. The van der Waals surface area contributed by atoms with E-state index in [-0.39, 0.29) is 37.0 Å². The highest BCUT2D eigenvalue weighted by molar-refractivity contribution is 5.85. The minimum absolute atomic E-state index is 0. The van der Waals surface area contributed by atoms with Gasteiger partial charge in [0.25, 0.3) is 0 Å². The maximum atomic E-state index is 13.6. The third-order valence-corrected chi connectivity index (χ3v) is 4.20. The molecule has 7 heteroatoms. The number of rotatable bonds is 6. The maximum Gasteiger partial charge on any atom is 0.228 e. The molecule has 0 aliphatic carbocycles. The van der Waals surface area contributed by atoms with Crippen LogP contribution in [0.15, 0.2) is 18.2 Å². The second kappa shape index (κ2) is 9.17. The molecule has 0 unspecified atom stereocenters. The largest absolute Gasteiger partial charge is 0.392 e. The number of hydrogen-bond donors (Lipinski definition) is 3. The van der Waals surface area contributed by atoms with E-state index in [1.807, 2.05) is 0 Å². The molecule has 1 amide bonds. The van der Waals surface area contributed by atoms with Gasteiger partial charge in [-0.3, -0.25) is 4.79 Å². The normalized spacial score (nSPS) is 16.5. The number of hydrogen-bond acceptors (Lipinski definition) is 4. The number of piperidine rings is 1. The van der Waals surface area contributed by atoms with E-state index in [2.05, 4.69) is 10.6 Å². The number of halogens is 2. The van der Waals surface area contributed by atoms with Gasteiger partial charge in [0, 0.05) is 19.2 Å². The SMILES string of the molecule is COCC1(C(=O)NCc2ccc(CO)c(F)c2)CCNCC1.Cl. The zero-order chi connectivity index (χ0) is 16.0. The summed E-state index contributed by atoms with van der Waals surface area (Å²) in [5, 5.41) is 15.1. The van der Waals surface area contributed by atoms with Crippen LogP contribution in [0.4, 0.5) is 4.39 Å². The number of aliphatic hydroxyl groups excluding tert-OH is 1. The summed E-state index contributed by atoms with van der Waals surface area (Å²) in [5.41, 5.74) is 0.415. The Morgan fingerprint density at radius 3 is 2.70 bits per heavy atom. The van der Waals surface area contributed by atoms with Crippen molar-refractivity contribution in [2.45, 2.75) is 26.0 Å². The second-order valence-electron chi connectivity index (χ2n) is 5.73. The van der Waals surface area contributed by atoms with Crippen LogP contribution in [0.25, 0.3) is 0 Å². The molecule has 0 atom stereocenters. The summed E-state index contributed by atoms with van der Waals surface area (Å²) in [6.45, 7) is 1.90. The molecule has 2 rings (SSSR count). The van der Waals surface area contributed by atoms with Crippen molar-refractivity contribution >= 4 is 18.3 Å². The number of ether oxygens (including phenoxy) is 1. The summed E-state index contributed by atoms with van der Waals surface area (Å²) < 4.78 is 18.9. The second-order valence-corrected chi connectivity index (χ2v) is 5.73. The zero-order valence-corrected chi connectivity index (χ0v) is 14.0. The van der Waals surface area contributed by atoms with Gasteiger partial charge in [0.05, 0.1) is 18.6 Å². The molecule has 3 N–H and O–H groups in total. The van der Waals surface area contributed by atoms with Crippen molar-refractivity contribution in [3.8, 4) is 0 Å². The van der Waals surface area contributed by atoms with E-state index in [1.165, 1.54) is 12.1 Å². The molecule has 0 saturated carbocycles. The summed E-state index contributed by atoms with van der Waals surface area (Å²) >= 11 is 0. The number of benzene rings is 1. The standard InChI is InChI=1S/C16H23FN2O3.ClH/c1-22-11-16(4-6-18-7-5-16)15(21)19-9-12-2-3-13(10-20)14(17)8-12;/h2-3,8,18,20H,4-7,9-11H2,1H3,(H,19,21);1H. The Bertz CT molecular complexity index is 517. The molecule has 130 valence electrons. The predicted molar refractivity (Wildman–Crippen MR) is 87.8 cm³/mol. The number of carbonyl (C=O) groups excluding carboxylic acids is 1. The van der Waals surface area contributed by atoms with Crippen LogP contribution < -0.4 is 10.6 Å². The third kappa shape index (κ3) is 4.88. The van der Waals surface area contributed by atoms with E-state index >= 15 is 0 Å². The molecule has 0 bridgehead atoms. The van der Waals surface area contributed by atoms with Crippen LogP contribution in [0.5, 0.6) is 0 Å². The fourth-order valence-electron chi connectivity index (χ4n) is 2.82. The van der Waals surface area contributed by atoms with Gasteiger partial charge in [-0.25, -0.2) is 4.39 Å². The van der Waals surface area contributed by atoms with Gasteiger partial charge in [-0.2, -0.15) is 0 Å². The quantitative estimate of drug-likeness (QED) is 0.727. The van der Waals surface area contributed by atoms with Crippen molar-refractivity contribution in [3.63, 3.8) is 0 Å². The van der Waals surface area contributed by atoms with Crippen LogP contribution in [0.1, 0.15) is 24.0 Å². The van der Waals surface area contributed by atoms with Crippen molar-refractivity contribution in [3.05, 3.63) is 35.1 Å². The molecule has 1 heterocycles. The Balaban J connectivity index is 0.00000264. The fraction of sp³-hybridized carbons (Fsp3) is 0.562. The van der Waals surface area contributed by atoms with Crippen LogP contribution >= 0.6 is 12.4 Å². The Kier molecular flexibility index (Phi) is 7.91. The lowest BCUT2D eigenvalue weighted by atomic mass is 9.78. The first-order valence-electron chi connectivity index (χ1n) is 7.47.